The van der Waals surface area contributed by atoms with Gasteiger partial charge < -0.3 is 24.3 Å². The van der Waals surface area contributed by atoms with Gasteiger partial charge in [-0.15, -0.1) is 0 Å². The zero-order chi connectivity index (χ0) is 17.2. The third kappa shape index (κ3) is 3.51. The number of rotatable bonds is 3. The van der Waals surface area contributed by atoms with E-state index in [9.17, 15) is 4.79 Å². The number of carbonyl (C=O) groups is 1. The SMILES string of the molecule is O=C(Cc1ccc2c(c1)OCCO2)Nc1cc2c(cc1Br)OCCO2. The first-order chi connectivity index (χ1) is 12.2. The molecule has 2 aliphatic rings. The molecule has 0 fully saturated rings. The summed E-state index contributed by atoms with van der Waals surface area (Å²) in [5.74, 6) is 2.56. The van der Waals surface area contributed by atoms with E-state index in [1.807, 2.05) is 18.2 Å². The molecule has 0 aromatic heterocycles. The molecule has 0 saturated heterocycles. The summed E-state index contributed by atoms with van der Waals surface area (Å²) in [7, 11) is 0. The van der Waals surface area contributed by atoms with Crippen molar-refractivity contribution in [1.29, 1.82) is 0 Å². The third-order valence-corrected chi connectivity index (χ3v) is 4.53. The Morgan fingerprint density at radius 3 is 2.20 bits per heavy atom. The lowest BCUT2D eigenvalue weighted by atomic mass is 10.1. The number of hydrogen-bond donors (Lipinski definition) is 1. The lowest BCUT2D eigenvalue weighted by molar-refractivity contribution is -0.115. The maximum atomic E-state index is 12.4. The number of carbonyl (C=O) groups excluding carboxylic acids is 1. The van der Waals surface area contributed by atoms with Crippen LogP contribution in [0.4, 0.5) is 5.69 Å². The van der Waals surface area contributed by atoms with Crippen molar-refractivity contribution in [3.8, 4) is 23.0 Å². The van der Waals surface area contributed by atoms with Gasteiger partial charge in [-0.25, -0.2) is 0 Å². The first-order valence-electron chi connectivity index (χ1n) is 7.96. The summed E-state index contributed by atoms with van der Waals surface area (Å²) in [4.78, 5) is 12.4. The van der Waals surface area contributed by atoms with E-state index < -0.39 is 0 Å². The molecule has 130 valence electrons. The highest BCUT2D eigenvalue weighted by atomic mass is 79.9. The number of nitrogens with one attached hydrogen (secondary N) is 1. The number of hydrogen-bond acceptors (Lipinski definition) is 5. The fourth-order valence-corrected chi connectivity index (χ4v) is 3.16. The average molecular weight is 406 g/mol. The minimum Gasteiger partial charge on any atom is -0.486 e. The van der Waals surface area contributed by atoms with Gasteiger partial charge in [-0.2, -0.15) is 0 Å². The van der Waals surface area contributed by atoms with Gasteiger partial charge in [0.25, 0.3) is 0 Å². The Bertz CT molecular complexity index is 823. The van der Waals surface area contributed by atoms with Crippen molar-refractivity contribution in [1.82, 2.24) is 0 Å². The van der Waals surface area contributed by atoms with Crippen LogP contribution in [0.1, 0.15) is 5.56 Å². The lowest BCUT2D eigenvalue weighted by Gasteiger charge is -2.20. The van der Waals surface area contributed by atoms with Gasteiger partial charge in [-0.1, -0.05) is 6.07 Å². The Morgan fingerprint density at radius 2 is 1.48 bits per heavy atom. The number of anilines is 1. The molecule has 7 heteroatoms. The van der Waals surface area contributed by atoms with Crippen LogP contribution in [0.25, 0.3) is 0 Å². The van der Waals surface area contributed by atoms with Crippen molar-refractivity contribution in [2.75, 3.05) is 31.7 Å². The predicted octanol–water partition coefficient (Wildman–Crippen LogP) is 3.17. The van der Waals surface area contributed by atoms with Gasteiger partial charge in [-0.3, -0.25) is 4.79 Å². The standard InChI is InChI=1S/C18H16BrNO5/c19-12-9-16-17(25-6-5-24-16)10-13(12)20-18(21)8-11-1-2-14-15(7-11)23-4-3-22-14/h1-2,7,9-10H,3-6,8H2,(H,20,21). The van der Waals surface area contributed by atoms with Crippen LogP contribution >= 0.6 is 15.9 Å². The zero-order valence-electron chi connectivity index (χ0n) is 13.3. The number of amides is 1. The monoisotopic (exact) mass is 405 g/mol. The maximum absolute atomic E-state index is 12.4. The van der Waals surface area contributed by atoms with E-state index in [0.29, 0.717) is 55.1 Å². The van der Waals surface area contributed by atoms with Gasteiger partial charge in [0.15, 0.2) is 23.0 Å². The summed E-state index contributed by atoms with van der Waals surface area (Å²) in [5, 5.41) is 2.90. The predicted molar refractivity (Wildman–Crippen MR) is 94.9 cm³/mol. The third-order valence-electron chi connectivity index (χ3n) is 3.88. The number of halogens is 1. The Hall–Kier alpha value is -2.41. The molecule has 0 aliphatic carbocycles. The van der Waals surface area contributed by atoms with Crippen LogP contribution in [-0.4, -0.2) is 32.3 Å². The van der Waals surface area contributed by atoms with Crippen LogP contribution in [0.3, 0.4) is 0 Å². The Morgan fingerprint density at radius 1 is 0.880 bits per heavy atom. The molecule has 0 saturated carbocycles. The molecule has 1 N–H and O–H groups in total. The van der Waals surface area contributed by atoms with Gasteiger partial charge in [0.1, 0.15) is 26.4 Å². The van der Waals surface area contributed by atoms with Gasteiger partial charge in [-0.05, 0) is 33.6 Å². The Balaban J connectivity index is 1.47. The molecule has 2 aliphatic heterocycles. The second kappa shape index (κ2) is 6.84. The van der Waals surface area contributed by atoms with E-state index >= 15 is 0 Å². The molecule has 25 heavy (non-hydrogen) atoms. The van der Waals surface area contributed by atoms with Gasteiger partial charge in [0.05, 0.1) is 12.1 Å². The summed E-state index contributed by atoms with van der Waals surface area (Å²) in [5.41, 5.74) is 1.50. The van der Waals surface area contributed by atoms with Crippen molar-refractivity contribution in [3.63, 3.8) is 0 Å². The second-order valence-electron chi connectivity index (χ2n) is 5.68. The number of benzene rings is 2. The molecular formula is C18H16BrNO5. The highest BCUT2D eigenvalue weighted by Crippen LogP contribution is 2.38. The van der Waals surface area contributed by atoms with Crippen molar-refractivity contribution in [2.45, 2.75) is 6.42 Å². The summed E-state index contributed by atoms with van der Waals surface area (Å²) in [6.07, 6.45) is 0.234. The summed E-state index contributed by atoms with van der Waals surface area (Å²) >= 11 is 3.45. The minimum absolute atomic E-state index is 0.131. The van der Waals surface area contributed by atoms with E-state index in [2.05, 4.69) is 21.2 Å². The van der Waals surface area contributed by atoms with Crippen molar-refractivity contribution >= 4 is 27.5 Å². The molecule has 0 atom stereocenters. The van der Waals surface area contributed by atoms with Crippen molar-refractivity contribution in [3.05, 3.63) is 40.4 Å². The lowest BCUT2D eigenvalue weighted by Crippen LogP contribution is -2.18. The molecule has 0 radical (unpaired) electrons. The van der Waals surface area contributed by atoms with Crippen LogP contribution in [0.2, 0.25) is 0 Å². The molecule has 0 spiro atoms. The van der Waals surface area contributed by atoms with Crippen LogP contribution in [0.15, 0.2) is 34.8 Å². The van der Waals surface area contributed by atoms with E-state index in [4.69, 9.17) is 18.9 Å². The van der Waals surface area contributed by atoms with Gasteiger partial charge in [0.2, 0.25) is 5.91 Å². The minimum atomic E-state index is -0.131. The van der Waals surface area contributed by atoms with Crippen LogP contribution in [0.5, 0.6) is 23.0 Å². The van der Waals surface area contributed by atoms with E-state index in [-0.39, 0.29) is 12.3 Å². The number of ether oxygens (including phenoxy) is 4. The van der Waals surface area contributed by atoms with E-state index in [1.54, 1.807) is 12.1 Å². The number of fused-ring (bicyclic) bond motifs is 2. The molecule has 4 rings (SSSR count). The highest BCUT2D eigenvalue weighted by Gasteiger charge is 2.17. The zero-order valence-corrected chi connectivity index (χ0v) is 14.9. The molecular weight excluding hydrogens is 390 g/mol. The fraction of sp³-hybridized carbons (Fsp3) is 0.278. The van der Waals surface area contributed by atoms with Crippen molar-refractivity contribution < 1.29 is 23.7 Å². The van der Waals surface area contributed by atoms with Crippen LogP contribution in [-0.2, 0) is 11.2 Å². The molecule has 0 unspecified atom stereocenters. The molecule has 0 bridgehead atoms. The second-order valence-corrected chi connectivity index (χ2v) is 6.53. The highest BCUT2D eigenvalue weighted by molar-refractivity contribution is 9.10. The molecule has 1 amide bonds. The largest absolute Gasteiger partial charge is 0.486 e. The van der Waals surface area contributed by atoms with Gasteiger partial charge >= 0.3 is 0 Å². The van der Waals surface area contributed by atoms with Crippen LogP contribution < -0.4 is 24.3 Å². The Labute approximate surface area is 153 Å². The van der Waals surface area contributed by atoms with Crippen molar-refractivity contribution in [2.24, 2.45) is 0 Å². The molecule has 2 aromatic rings. The first-order valence-corrected chi connectivity index (χ1v) is 8.76. The smallest absolute Gasteiger partial charge is 0.228 e. The topological polar surface area (TPSA) is 66.0 Å². The quantitative estimate of drug-likeness (QED) is 0.849. The molecule has 2 aromatic carbocycles. The van der Waals surface area contributed by atoms with Crippen LogP contribution in [0, 0.1) is 0 Å². The Kier molecular flexibility index (Phi) is 4.40. The fourth-order valence-electron chi connectivity index (χ4n) is 2.74. The average Bonchev–Trinajstić information content (AvgIpc) is 2.62. The summed E-state index contributed by atoms with van der Waals surface area (Å²) in [6, 6.07) is 9.10. The van der Waals surface area contributed by atoms with E-state index in [0.717, 1.165) is 10.0 Å². The summed E-state index contributed by atoms with van der Waals surface area (Å²) in [6.45, 7) is 2.09. The molecule has 6 nitrogen and oxygen atoms in total. The molecule has 2 heterocycles. The first kappa shape index (κ1) is 16.1. The van der Waals surface area contributed by atoms with E-state index in [1.165, 1.54) is 0 Å². The summed E-state index contributed by atoms with van der Waals surface area (Å²) < 4.78 is 22.9. The normalized spacial score (nSPS) is 14.8. The maximum Gasteiger partial charge on any atom is 0.228 e. The van der Waals surface area contributed by atoms with Gasteiger partial charge in [0, 0.05) is 16.6 Å².